The molecule has 5 nitrogen and oxygen atoms in total. The third-order valence-electron chi connectivity index (χ3n) is 5.37. The van der Waals surface area contributed by atoms with Crippen molar-refractivity contribution in [2.75, 3.05) is 46.4 Å². The Morgan fingerprint density at radius 2 is 2.11 bits per heavy atom. The second kappa shape index (κ2) is 11.4. The van der Waals surface area contributed by atoms with Gasteiger partial charge in [-0.3, -0.25) is 9.89 Å². The van der Waals surface area contributed by atoms with E-state index >= 15 is 0 Å². The lowest BCUT2D eigenvalue weighted by molar-refractivity contribution is 0.110. The van der Waals surface area contributed by atoms with E-state index in [1.165, 1.54) is 32.4 Å². The van der Waals surface area contributed by atoms with Gasteiger partial charge in [0.2, 0.25) is 0 Å². The summed E-state index contributed by atoms with van der Waals surface area (Å²) in [6, 6.07) is 8.51. The van der Waals surface area contributed by atoms with E-state index in [9.17, 15) is 0 Å². The van der Waals surface area contributed by atoms with Crippen LogP contribution in [0.4, 0.5) is 0 Å². The van der Waals surface area contributed by atoms with Gasteiger partial charge < -0.3 is 15.0 Å². The van der Waals surface area contributed by atoms with Crippen LogP contribution in [0, 0.1) is 0 Å². The van der Waals surface area contributed by atoms with Crippen LogP contribution in [-0.2, 0) is 4.74 Å². The standard InChI is InChI=1S/C20H31ClN4O.HI/c1-3-22-20(25-12-9-18(15-25)24-10-4-5-11-24)23-14-19(26-2)16-7-6-8-17(21)13-16;/h6-8,13,18-19H,3-5,9-12,14-15H2,1-2H3,(H,22,23);1H. The van der Waals surface area contributed by atoms with Crippen molar-refractivity contribution >= 4 is 41.5 Å². The zero-order valence-electron chi connectivity index (χ0n) is 16.4. The molecular formula is C20H32ClIN4O. The molecule has 7 heteroatoms. The number of benzene rings is 1. The lowest BCUT2D eigenvalue weighted by Crippen LogP contribution is -2.43. The number of ether oxygens (including phenoxy) is 1. The molecule has 0 radical (unpaired) electrons. The lowest BCUT2D eigenvalue weighted by Gasteiger charge is -2.26. The van der Waals surface area contributed by atoms with E-state index in [1.54, 1.807) is 7.11 Å². The first-order valence-electron chi connectivity index (χ1n) is 9.76. The number of guanidine groups is 1. The van der Waals surface area contributed by atoms with E-state index in [-0.39, 0.29) is 30.1 Å². The molecule has 0 aromatic heterocycles. The minimum Gasteiger partial charge on any atom is -0.375 e. The molecule has 1 N–H and O–H groups in total. The van der Waals surface area contributed by atoms with E-state index < -0.39 is 0 Å². The summed E-state index contributed by atoms with van der Waals surface area (Å²) in [6.45, 7) is 8.23. The summed E-state index contributed by atoms with van der Waals surface area (Å²) in [7, 11) is 1.73. The molecule has 0 aliphatic carbocycles. The zero-order valence-corrected chi connectivity index (χ0v) is 19.5. The van der Waals surface area contributed by atoms with E-state index in [2.05, 4.69) is 22.0 Å². The Bertz CT molecular complexity index is 609. The van der Waals surface area contributed by atoms with Crippen molar-refractivity contribution in [1.82, 2.24) is 15.1 Å². The Kier molecular flexibility index (Phi) is 9.62. The van der Waals surface area contributed by atoms with Gasteiger partial charge in [0.25, 0.3) is 0 Å². The molecule has 0 saturated carbocycles. The van der Waals surface area contributed by atoms with Crippen molar-refractivity contribution in [3.63, 3.8) is 0 Å². The van der Waals surface area contributed by atoms with Gasteiger partial charge in [-0.2, -0.15) is 0 Å². The maximum absolute atomic E-state index is 6.12. The van der Waals surface area contributed by atoms with Crippen LogP contribution in [0.3, 0.4) is 0 Å². The smallest absolute Gasteiger partial charge is 0.194 e. The molecule has 2 saturated heterocycles. The maximum atomic E-state index is 6.12. The van der Waals surface area contributed by atoms with E-state index in [1.807, 2.05) is 24.3 Å². The van der Waals surface area contributed by atoms with E-state index in [0.717, 1.165) is 36.2 Å². The highest BCUT2D eigenvalue weighted by Gasteiger charge is 2.30. The van der Waals surface area contributed by atoms with E-state index in [4.69, 9.17) is 21.3 Å². The lowest BCUT2D eigenvalue weighted by atomic mass is 10.1. The second-order valence-electron chi connectivity index (χ2n) is 7.11. The Labute approximate surface area is 185 Å². The molecule has 152 valence electrons. The van der Waals surface area contributed by atoms with Crippen LogP contribution in [0.1, 0.15) is 37.9 Å². The molecule has 2 fully saturated rings. The summed E-state index contributed by atoms with van der Waals surface area (Å²) in [5.41, 5.74) is 1.07. The summed E-state index contributed by atoms with van der Waals surface area (Å²) < 4.78 is 5.66. The van der Waals surface area contributed by atoms with Crippen LogP contribution in [0.2, 0.25) is 5.02 Å². The topological polar surface area (TPSA) is 40.1 Å². The molecule has 1 aromatic carbocycles. The number of nitrogens with one attached hydrogen (secondary N) is 1. The predicted octanol–water partition coefficient (Wildman–Crippen LogP) is 3.78. The first-order valence-corrected chi connectivity index (χ1v) is 10.1. The largest absolute Gasteiger partial charge is 0.375 e. The fourth-order valence-electron chi connectivity index (χ4n) is 3.96. The zero-order chi connectivity index (χ0) is 18.4. The van der Waals surface area contributed by atoms with Gasteiger partial charge >= 0.3 is 0 Å². The fourth-order valence-corrected chi connectivity index (χ4v) is 4.16. The van der Waals surface area contributed by atoms with Gasteiger partial charge in [0.05, 0.1) is 6.54 Å². The summed E-state index contributed by atoms with van der Waals surface area (Å²) >= 11 is 6.12. The Morgan fingerprint density at radius 3 is 2.78 bits per heavy atom. The highest BCUT2D eigenvalue weighted by atomic mass is 127. The molecule has 3 rings (SSSR count). The molecule has 27 heavy (non-hydrogen) atoms. The third-order valence-corrected chi connectivity index (χ3v) is 5.60. The van der Waals surface area contributed by atoms with Crippen molar-refractivity contribution in [2.45, 2.75) is 38.3 Å². The average molecular weight is 507 g/mol. The number of hydrogen-bond acceptors (Lipinski definition) is 3. The SMILES string of the molecule is CCNC(=NCC(OC)c1cccc(Cl)c1)N1CCC(N2CCCC2)C1.I. The highest BCUT2D eigenvalue weighted by Crippen LogP contribution is 2.22. The number of halogens is 2. The monoisotopic (exact) mass is 506 g/mol. The number of methoxy groups -OCH3 is 1. The molecule has 2 aliphatic heterocycles. The van der Waals surface area contributed by atoms with E-state index in [0.29, 0.717) is 12.6 Å². The van der Waals surface area contributed by atoms with Crippen molar-refractivity contribution in [2.24, 2.45) is 4.99 Å². The molecule has 1 aromatic rings. The van der Waals surface area contributed by atoms with Gasteiger partial charge in [-0.1, -0.05) is 23.7 Å². The Hall–Kier alpha value is -0.570. The first-order chi connectivity index (χ1) is 12.7. The molecule has 0 spiro atoms. The van der Waals surface area contributed by atoms with Crippen LogP contribution in [0.5, 0.6) is 0 Å². The van der Waals surface area contributed by atoms with Gasteiger partial charge in [-0.05, 0) is 57.0 Å². The number of likely N-dealkylation sites (tertiary alicyclic amines) is 2. The normalized spacial score (nSPS) is 22.0. The van der Waals surface area contributed by atoms with Crippen molar-refractivity contribution in [1.29, 1.82) is 0 Å². The summed E-state index contributed by atoms with van der Waals surface area (Å²) in [4.78, 5) is 9.92. The van der Waals surface area contributed by atoms with Gasteiger partial charge in [-0.25, -0.2) is 0 Å². The molecule has 0 amide bonds. The third kappa shape index (κ3) is 6.21. The molecule has 2 atom stereocenters. The van der Waals surface area contributed by atoms with Gasteiger partial charge in [0, 0.05) is 37.8 Å². The quantitative estimate of drug-likeness (QED) is 0.362. The molecule has 2 aliphatic rings. The fraction of sp³-hybridized carbons (Fsp3) is 0.650. The van der Waals surface area contributed by atoms with Crippen LogP contribution in [0.25, 0.3) is 0 Å². The minimum absolute atomic E-state index is 0. The van der Waals surface area contributed by atoms with Crippen molar-refractivity contribution < 1.29 is 4.74 Å². The summed E-state index contributed by atoms with van der Waals surface area (Å²) in [5.74, 6) is 0.998. The van der Waals surface area contributed by atoms with Gasteiger partial charge in [-0.15, -0.1) is 24.0 Å². The molecule has 2 heterocycles. The number of hydrogen-bond donors (Lipinski definition) is 1. The maximum Gasteiger partial charge on any atom is 0.194 e. The van der Waals surface area contributed by atoms with Gasteiger partial charge in [0.15, 0.2) is 5.96 Å². The van der Waals surface area contributed by atoms with Crippen LogP contribution in [-0.4, -0.2) is 68.2 Å². The molecule has 2 unspecified atom stereocenters. The van der Waals surface area contributed by atoms with Crippen LogP contribution < -0.4 is 5.32 Å². The number of rotatable bonds is 6. The Balaban J connectivity index is 0.00000261. The average Bonchev–Trinajstić information content (AvgIpc) is 3.33. The van der Waals surface area contributed by atoms with Gasteiger partial charge in [0.1, 0.15) is 6.10 Å². The molecular weight excluding hydrogens is 475 g/mol. The van der Waals surface area contributed by atoms with Crippen molar-refractivity contribution in [3.8, 4) is 0 Å². The first kappa shape index (κ1) is 22.7. The Morgan fingerprint density at radius 1 is 1.33 bits per heavy atom. The van der Waals surface area contributed by atoms with Crippen molar-refractivity contribution in [3.05, 3.63) is 34.9 Å². The number of aliphatic imine (C=N–C) groups is 1. The predicted molar refractivity (Wildman–Crippen MR) is 123 cm³/mol. The number of nitrogens with zero attached hydrogens (tertiary/aromatic N) is 3. The minimum atomic E-state index is -0.0839. The summed E-state index contributed by atoms with van der Waals surface area (Å²) in [5, 5.41) is 4.18. The second-order valence-corrected chi connectivity index (χ2v) is 7.54. The highest BCUT2D eigenvalue weighted by molar-refractivity contribution is 14.0. The molecule has 0 bridgehead atoms. The summed E-state index contributed by atoms with van der Waals surface area (Å²) in [6.07, 6.45) is 3.84. The van der Waals surface area contributed by atoms with Crippen LogP contribution in [0.15, 0.2) is 29.3 Å². The van der Waals surface area contributed by atoms with Crippen LogP contribution >= 0.6 is 35.6 Å².